The molecule has 2 unspecified atom stereocenters. The lowest BCUT2D eigenvalue weighted by Crippen LogP contribution is -2.46. The second-order valence-corrected chi connectivity index (χ2v) is 6.79. The zero-order chi connectivity index (χ0) is 14.7. The first kappa shape index (κ1) is 14.9. The first-order valence-corrected chi connectivity index (χ1v) is 8.37. The molecule has 3 heteroatoms. The van der Waals surface area contributed by atoms with Gasteiger partial charge in [0.1, 0.15) is 0 Å². The molecule has 3 nitrogen and oxygen atoms in total. The molecule has 1 N–H and O–H groups in total. The monoisotopic (exact) mass is 288 g/mol. The van der Waals surface area contributed by atoms with Crippen LogP contribution in [0.5, 0.6) is 0 Å². The summed E-state index contributed by atoms with van der Waals surface area (Å²) in [7, 11) is 0. The molecule has 1 fully saturated rings. The van der Waals surface area contributed by atoms with Gasteiger partial charge in [0.15, 0.2) is 0 Å². The second kappa shape index (κ2) is 6.37. The van der Waals surface area contributed by atoms with E-state index in [1.54, 1.807) is 0 Å². The molecule has 0 radical (unpaired) electrons. The number of rotatable bonds is 6. The molecule has 0 bridgehead atoms. The average Bonchev–Trinajstić information content (AvgIpc) is 3.06. The van der Waals surface area contributed by atoms with Crippen LogP contribution in [0.15, 0.2) is 24.3 Å². The topological polar surface area (TPSA) is 24.5 Å². The van der Waals surface area contributed by atoms with E-state index >= 15 is 0 Å². The number of ether oxygens (including phenoxy) is 1. The van der Waals surface area contributed by atoms with Gasteiger partial charge in [-0.2, -0.15) is 0 Å². The van der Waals surface area contributed by atoms with Crippen molar-refractivity contribution < 1.29 is 4.74 Å². The van der Waals surface area contributed by atoms with Crippen molar-refractivity contribution in [2.75, 3.05) is 37.7 Å². The Kier molecular flexibility index (Phi) is 4.51. The molecule has 0 spiro atoms. The van der Waals surface area contributed by atoms with E-state index in [2.05, 4.69) is 48.3 Å². The van der Waals surface area contributed by atoms with E-state index in [0.717, 1.165) is 32.8 Å². The fourth-order valence-corrected chi connectivity index (χ4v) is 3.73. The Morgan fingerprint density at radius 2 is 2.24 bits per heavy atom. The lowest BCUT2D eigenvalue weighted by molar-refractivity contribution is 0.151. The molecule has 0 saturated carbocycles. The third-order valence-corrected chi connectivity index (χ3v) is 4.97. The molecule has 2 atom stereocenters. The molecule has 21 heavy (non-hydrogen) atoms. The Hall–Kier alpha value is -1.06. The van der Waals surface area contributed by atoms with Crippen LogP contribution in [0.1, 0.15) is 32.3 Å². The van der Waals surface area contributed by atoms with E-state index in [4.69, 9.17) is 4.74 Å². The number of fused-ring (bicyclic) bond motifs is 1. The van der Waals surface area contributed by atoms with E-state index in [9.17, 15) is 0 Å². The number of benzene rings is 1. The van der Waals surface area contributed by atoms with Crippen LogP contribution >= 0.6 is 0 Å². The maximum Gasteiger partial charge on any atom is 0.0552 e. The molecule has 1 aromatic rings. The number of anilines is 1. The summed E-state index contributed by atoms with van der Waals surface area (Å²) in [6.45, 7) is 9.68. The third-order valence-electron chi connectivity index (χ3n) is 4.97. The third kappa shape index (κ3) is 3.09. The van der Waals surface area contributed by atoms with E-state index in [-0.39, 0.29) is 5.41 Å². The fourth-order valence-electron chi connectivity index (χ4n) is 3.73. The normalized spacial score (nSPS) is 28.1. The number of nitrogens with one attached hydrogen (secondary N) is 1. The van der Waals surface area contributed by atoms with Gasteiger partial charge in [-0.25, -0.2) is 0 Å². The van der Waals surface area contributed by atoms with Crippen molar-refractivity contribution in [2.24, 2.45) is 5.41 Å². The standard InChI is InChI=1S/C18H28N2O/c1-3-9-19-12-18(8-10-21-14-18)13-20-15(2)11-16-6-4-5-7-17(16)20/h4-7,15,19H,3,8-14H2,1-2H3. The molecule has 2 aliphatic rings. The van der Waals surface area contributed by atoms with Crippen LogP contribution < -0.4 is 10.2 Å². The summed E-state index contributed by atoms with van der Waals surface area (Å²) in [5, 5.41) is 3.62. The van der Waals surface area contributed by atoms with Gasteiger partial charge in [-0.15, -0.1) is 0 Å². The van der Waals surface area contributed by atoms with Crippen molar-refractivity contribution in [1.82, 2.24) is 5.32 Å². The Bertz CT molecular complexity index is 468. The minimum Gasteiger partial charge on any atom is -0.381 e. The van der Waals surface area contributed by atoms with Crippen LogP contribution in [0.4, 0.5) is 5.69 Å². The minimum atomic E-state index is 0.279. The van der Waals surface area contributed by atoms with Crippen LogP contribution in [0.2, 0.25) is 0 Å². The average molecular weight is 288 g/mol. The lowest BCUT2D eigenvalue weighted by atomic mass is 9.86. The molecule has 0 amide bonds. The van der Waals surface area contributed by atoms with Gasteiger partial charge in [-0.05, 0) is 44.4 Å². The van der Waals surface area contributed by atoms with E-state index in [0.29, 0.717) is 6.04 Å². The predicted molar refractivity (Wildman–Crippen MR) is 88.0 cm³/mol. The number of nitrogens with zero attached hydrogens (tertiary/aromatic N) is 1. The maximum absolute atomic E-state index is 5.76. The van der Waals surface area contributed by atoms with Crippen molar-refractivity contribution in [1.29, 1.82) is 0 Å². The van der Waals surface area contributed by atoms with Crippen LogP contribution in [0.25, 0.3) is 0 Å². The molecule has 2 aliphatic heterocycles. The Morgan fingerprint density at radius 1 is 1.38 bits per heavy atom. The molecule has 0 aromatic heterocycles. The molecule has 3 rings (SSSR count). The molecule has 116 valence electrons. The summed E-state index contributed by atoms with van der Waals surface area (Å²) in [6.07, 6.45) is 3.55. The fraction of sp³-hybridized carbons (Fsp3) is 0.667. The highest BCUT2D eigenvalue weighted by molar-refractivity contribution is 5.59. The Balaban J connectivity index is 1.74. The number of hydrogen-bond donors (Lipinski definition) is 1. The van der Waals surface area contributed by atoms with Crippen LogP contribution in [0.3, 0.4) is 0 Å². The molecule has 0 aliphatic carbocycles. The van der Waals surface area contributed by atoms with Gasteiger partial charge < -0.3 is 15.0 Å². The Labute approximate surface area is 128 Å². The zero-order valence-electron chi connectivity index (χ0n) is 13.4. The molecule has 2 heterocycles. The zero-order valence-corrected chi connectivity index (χ0v) is 13.4. The highest BCUT2D eigenvalue weighted by Crippen LogP contribution is 2.37. The van der Waals surface area contributed by atoms with Gasteiger partial charge in [0.05, 0.1) is 6.61 Å². The highest BCUT2D eigenvalue weighted by atomic mass is 16.5. The summed E-state index contributed by atoms with van der Waals surface area (Å²) in [4.78, 5) is 2.61. The van der Waals surface area contributed by atoms with Gasteiger partial charge in [0.25, 0.3) is 0 Å². The summed E-state index contributed by atoms with van der Waals surface area (Å²) >= 11 is 0. The molecule has 1 aromatic carbocycles. The van der Waals surface area contributed by atoms with Gasteiger partial charge >= 0.3 is 0 Å². The van der Waals surface area contributed by atoms with Gasteiger partial charge in [0, 0.05) is 36.8 Å². The van der Waals surface area contributed by atoms with Gasteiger partial charge in [-0.3, -0.25) is 0 Å². The second-order valence-electron chi connectivity index (χ2n) is 6.79. The predicted octanol–water partition coefficient (Wildman–Crippen LogP) is 2.84. The summed E-state index contributed by atoms with van der Waals surface area (Å²) in [5.74, 6) is 0. The maximum atomic E-state index is 5.76. The van der Waals surface area contributed by atoms with E-state index < -0.39 is 0 Å². The van der Waals surface area contributed by atoms with Crippen LogP contribution in [0, 0.1) is 5.41 Å². The summed E-state index contributed by atoms with van der Waals surface area (Å²) < 4.78 is 5.76. The largest absolute Gasteiger partial charge is 0.381 e. The first-order chi connectivity index (χ1) is 10.2. The van der Waals surface area contributed by atoms with Crippen molar-refractivity contribution in [3.63, 3.8) is 0 Å². The summed E-state index contributed by atoms with van der Waals surface area (Å²) in [5.41, 5.74) is 3.22. The van der Waals surface area contributed by atoms with E-state index in [1.807, 2.05) is 0 Å². The Morgan fingerprint density at radius 3 is 3.00 bits per heavy atom. The SMILES string of the molecule is CCCNCC1(CN2c3ccccc3CC2C)CCOC1. The van der Waals surface area contributed by atoms with Gasteiger partial charge in [-0.1, -0.05) is 25.1 Å². The van der Waals surface area contributed by atoms with Crippen molar-refractivity contribution in [3.8, 4) is 0 Å². The summed E-state index contributed by atoms with van der Waals surface area (Å²) in [6, 6.07) is 9.48. The van der Waals surface area contributed by atoms with E-state index in [1.165, 1.54) is 30.5 Å². The minimum absolute atomic E-state index is 0.279. The highest BCUT2D eigenvalue weighted by Gasteiger charge is 2.39. The van der Waals surface area contributed by atoms with Crippen molar-refractivity contribution >= 4 is 5.69 Å². The first-order valence-electron chi connectivity index (χ1n) is 8.37. The number of hydrogen-bond acceptors (Lipinski definition) is 3. The lowest BCUT2D eigenvalue weighted by Gasteiger charge is -2.36. The van der Waals surface area contributed by atoms with Crippen LogP contribution in [-0.4, -0.2) is 38.9 Å². The van der Waals surface area contributed by atoms with Crippen molar-refractivity contribution in [3.05, 3.63) is 29.8 Å². The molecular weight excluding hydrogens is 260 g/mol. The smallest absolute Gasteiger partial charge is 0.0552 e. The molecular formula is C18H28N2O. The van der Waals surface area contributed by atoms with Crippen molar-refractivity contribution in [2.45, 2.75) is 39.2 Å². The van der Waals surface area contributed by atoms with Gasteiger partial charge in [0.2, 0.25) is 0 Å². The quantitative estimate of drug-likeness (QED) is 0.815. The van der Waals surface area contributed by atoms with Crippen LogP contribution in [-0.2, 0) is 11.2 Å². The molecule has 1 saturated heterocycles. The number of para-hydroxylation sites is 1.